The van der Waals surface area contributed by atoms with Gasteiger partial charge in [-0.1, -0.05) is 70.8 Å². The lowest BCUT2D eigenvalue weighted by molar-refractivity contribution is -0.142. The highest BCUT2D eigenvalue weighted by molar-refractivity contribution is 5.69. The molecular weight excluding hydrogens is 248 g/mol. The summed E-state index contributed by atoms with van der Waals surface area (Å²) in [5, 5.41) is 9.17. The fourth-order valence-corrected chi connectivity index (χ4v) is 2.60. The number of carbonyl (C=O) groups is 1. The van der Waals surface area contributed by atoms with Gasteiger partial charge in [-0.2, -0.15) is 0 Å². The van der Waals surface area contributed by atoms with E-state index in [9.17, 15) is 4.79 Å². The Morgan fingerprint density at radius 1 is 0.950 bits per heavy atom. The first kappa shape index (κ1) is 19.2. The van der Waals surface area contributed by atoms with Crippen molar-refractivity contribution in [1.82, 2.24) is 0 Å². The molecule has 0 saturated heterocycles. The molecule has 0 spiro atoms. The highest BCUT2D eigenvalue weighted by atomic mass is 16.4. The van der Waals surface area contributed by atoms with Crippen molar-refractivity contribution in [3.63, 3.8) is 0 Å². The molecule has 0 aromatic heterocycles. The summed E-state index contributed by atoms with van der Waals surface area (Å²) in [6.45, 7) is 5.92. The van der Waals surface area contributed by atoms with E-state index >= 15 is 0 Å². The van der Waals surface area contributed by atoms with Crippen molar-refractivity contribution in [3.8, 4) is 0 Å². The van der Waals surface area contributed by atoms with Crippen molar-refractivity contribution in [2.75, 3.05) is 0 Å². The van der Waals surface area contributed by atoms with Crippen LogP contribution < -0.4 is 0 Å². The van der Waals surface area contributed by atoms with Crippen molar-refractivity contribution in [1.29, 1.82) is 0 Å². The van der Waals surface area contributed by atoms with E-state index in [2.05, 4.69) is 13.5 Å². The Kier molecular flexibility index (Phi) is 14.0. The molecule has 0 bridgehead atoms. The fourth-order valence-electron chi connectivity index (χ4n) is 2.60. The summed E-state index contributed by atoms with van der Waals surface area (Å²) in [6, 6.07) is 0. The smallest absolute Gasteiger partial charge is 0.306 e. The van der Waals surface area contributed by atoms with E-state index in [0.717, 1.165) is 32.1 Å². The molecule has 0 aliphatic rings. The molecule has 2 heteroatoms. The molecule has 0 amide bonds. The number of hydrogen-bond donors (Lipinski definition) is 1. The molecule has 0 aliphatic heterocycles. The Balaban J connectivity index is 3.44. The van der Waals surface area contributed by atoms with Gasteiger partial charge >= 0.3 is 5.97 Å². The highest BCUT2D eigenvalue weighted by Gasteiger charge is 2.15. The van der Waals surface area contributed by atoms with Gasteiger partial charge in [-0.3, -0.25) is 4.79 Å². The lowest BCUT2D eigenvalue weighted by Crippen LogP contribution is -2.13. The zero-order chi connectivity index (χ0) is 15.1. The summed E-state index contributed by atoms with van der Waals surface area (Å²) < 4.78 is 0. The first-order chi connectivity index (χ1) is 9.72. The van der Waals surface area contributed by atoms with Crippen molar-refractivity contribution >= 4 is 5.97 Å². The monoisotopic (exact) mass is 282 g/mol. The molecular formula is C18H34O2. The predicted molar refractivity (Wildman–Crippen MR) is 87.0 cm³/mol. The molecule has 118 valence electrons. The summed E-state index contributed by atoms with van der Waals surface area (Å²) in [6.07, 6.45) is 17.0. The van der Waals surface area contributed by atoms with Crippen LogP contribution in [0.2, 0.25) is 0 Å². The second-order valence-electron chi connectivity index (χ2n) is 5.87. The molecule has 2 nitrogen and oxygen atoms in total. The number of aliphatic carboxylic acids is 1. The summed E-state index contributed by atoms with van der Waals surface area (Å²) in [4.78, 5) is 11.1. The molecule has 0 rings (SSSR count). The molecule has 0 aliphatic carbocycles. The van der Waals surface area contributed by atoms with Crippen LogP contribution in [-0.2, 0) is 4.79 Å². The Morgan fingerprint density at radius 2 is 1.45 bits per heavy atom. The maximum atomic E-state index is 11.1. The van der Waals surface area contributed by atoms with Crippen molar-refractivity contribution < 1.29 is 9.90 Å². The van der Waals surface area contributed by atoms with E-state index in [1.54, 1.807) is 0 Å². The zero-order valence-electron chi connectivity index (χ0n) is 13.4. The van der Waals surface area contributed by atoms with Crippen LogP contribution >= 0.6 is 0 Å². The largest absolute Gasteiger partial charge is 0.481 e. The molecule has 0 radical (unpaired) electrons. The Labute approximate surface area is 125 Å². The minimum absolute atomic E-state index is 0.139. The minimum atomic E-state index is -0.617. The zero-order valence-corrected chi connectivity index (χ0v) is 13.4. The topological polar surface area (TPSA) is 37.3 Å². The lowest BCUT2D eigenvalue weighted by Gasteiger charge is -2.11. The van der Waals surface area contributed by atoms with Gasteiger partial charge in [0, 0.05) is 0 Å². The molecule has 1 atom stereocenters. The first-order valence-corrected chi connectivity index (χ1v) is 8.56. The second-order valence-corrected chi connectivity index (χ2v) is 5.87. The van der Waals surface area contributed by atoms with Crippen LogP contribution in [0.5, 0.6) is 0 Å². The highest BCUT2D eigenvalue weighted by Crippen LogP contribution is 2.18. The van der Waals surface area contributed by atoms with Crippen LogP contribution in [0, 0.1) is 5.92 Å². The van der Waals surface area contributed by atoms with E-state index in [1.807, 2.05) is 6.08 Å². The van der Waals surface area contributed by atoms with Gasteiger partial charge in [0.1, 0.15) is 0 Å². The average Bonchev–Trinajstić information content (AvgIpc) is 2.43. The first-order valence-electron chi connectivity index (χ1n) is 8.56. The van der Waals surface area contributed by atoms with E-state index in [4.69, 9.17) is 5.11 Å². The number of carboxylic acid groups (broad SMARTS) is 1. The number of carboxylic acids is 1. The number of allylic oxidation sites excluding steroid dienone is 1. The van der Waals surface area contributed by atoms with Gasteiger partial charge in [0.25, 0.3) is 0 Å². The summed E-state index contributed by atoms with van der Waals surface area (Å²) in [7, 11) is 0. The van der Waals surface area contributed by atoms with Crippen molar-refractivity contribution in [3.05, 3.63) is 12.7 Å². The molecule has 20 heavy (non-hydrogen) atoms. The molecule has 0 saturated carbocycles. The molecule has 0 heterocycles. The van der Waals surface area contributed by atoms with E-state index in [1.165, 1.54) is 51.4 Å². The van der Waals surface area contributed by atoms with Crippen molar-refractivity contribution in [2.45, 2.75) is 90.4 Å². The van der Waals surface area contributed by atoms with Gasteiger partial charge in [0.05, 0.1) is 5.92 Å². The summed E-state index contributed by atoms with van der Waals surface area (Å²) in [5.41, 5.74) is 0. The molecule has 1 unspecified atom stereocenters. The van der Waals surface area contributed by atoms with Crippen LogP contribution in [0.15, 0.2) is 12.7 Å². The second kappa shape index (κ2) is 14.6. The molecule has 0 aromatic rings. The maximum absolute atomic E-state index is 11.1. The number of hydrogen-bond acceptors (Lipinski definition) is 1. The van der Waals surface area contributed by atoms with Crippen LogP contribution in [-0.4, -0.2) is 11.1 Å². The lowest BCUT2D eigenvalue weighted by atomic mass is 9.95. The Morgan fingerprint density at radius 3 is 1.95 bits per heavy atom. The standard InChI is InChI=1S/C18H34O2/c1-3-5-7-8-9-10-11-12-14-16-17(18(19)20)15-13-6-4-2/h4,17H,2-3,5-16H2,1H3,(H,19,20). The maximum Gasteiger partial charge on any atom is 0.306 e. The minimum Gasteiger partial charge on any atom is -0.481 e. The Bertz CT molecular complexity index is 236. The van der Waals surface area contributed by atoms with Crippen LogP contribution in [0.4, 0.5) is 0 Å². The fraction of sp³-hybridized carbons (Fsp3) is 0.833. The third-order valence-corrected chi connectivity index (χ3v) is 3.97. The number of unbranched alkanes of at least 4 members (excludes halogenated alkanes) is 9. The average molecular weight is 282 g/mol. The molecule has 0 aromatic carbocycles. The van der Waals surface area contributed by atoms with Gasteiger partial charge in [-0.15, -0.1) is 6.58 Å². The van der Waals surface area contributed by atoms with Gasteiger partial charge in [-0.05, 0) is 25.7 Å². The predicted octanol–water partition coefficient (Wildman–Crippen LogP) is 5.96. The van der Waals surface area contributed by atoms with Gasteiger partial charge in [0.15, 0.2) is 0 Å². The van der Waals surface area contributed by atoms with Crippen LogP contribution in [0.1, 0.15) is 90.4 Å². The SMILES string of the molecule is C=CCCCC(CCCCCCCCCCC)C(=O)O. The van der Waals surface area contributed by atoms with E-state index in [0.29, 0.717) is 0 Å². The van der Waals surface area contributed by atoms with Crippen LogP contribution in [0.25, 0.3) is 0 Å². The van der Waals surface area contributed by atoms with Gasteiger partial charge in [0.2, 0.25) is 0 Å². The van der Waals surface area contributed by atoms with E-state index < -0.39 is 5.97 Å². The summed E-state index contributed by atoms with van der Waals surface area (Å²) >= 11 is 0. The van der Waals surface area contributed by atoms with Gasteiger partial charge in [-0.25, -0.2) is 0 Å². The third kappa shape index (κ3) is 12.3. The number of rotatable bonds is 15. The quantitative estimate of drug-likeness (QED) is 0.297. The van der Waals surface area contributed by atoms with Crippen molar-refractivity contribution in [2.24, 2.45) is 5.92 Å². The molecule has 0 fully saturated rings. The Hall–Kier alpha value is -0.790. The third-order valence-electron chi connectivity index (χ3n) is 3.97. The van der Waals surface area contributed by atoms with Gasteiger partial charge < -0.3 is 5.11 Å². The summed E-state index contributed by atoms with van der Waals surface area (Å²) in [5.74, 6) is -0.756. The van der Waals surface area contributed by atoms with E-state index in [-0.39, 0.29) is 5.92 Å². The normalized spacial score (nSPS) is 12.2. The molecule has 1 N–H and O–H groups in total. The van der Waals surface area contributed by atoms with Crippen LogP contribution in [0.3, 0.4) is 0 Å².